The van der Waals surface area contributed by atoms with Crippen LogP contribution in [0.5, 0.6) is 5.75 Å². The number of benzene rings is 3. The number of hydrogen-bond donors (Lipinski definition) is 4. The molecule has 0 aromatic heterocycles. The van der Waals surface area contributed by atoms with Crippen LogP contribution >= 0.6 is 0 Å². The number of rotatable bonds is 9. The predicted octanol–water partition coefficient (Wildman–Crippen LogP) is 5.49. The summed E-state index contributed by atoms with van der Waals surface area (Å²) in [4.78, 5) is 48.7. The average molecular weight is 504 g/mol. The van der Waals surface area contributed by atoms with Crippen LogP contribution in [-0.2, 0) is 6.42 Å². The van der Waals surface area contributed by atoms with Crippen molar-refractivity contribution in [2.45, 2.75) is 39.0 Å². The summed E-state index contributed by atoms with van der Waals surface area (Å²) >= 11 is 0. The van der Waals surface area contributed by atoms with E-state index in [-0.39, 0.29) is 33.6 Å². The molecule has 4 N–H and O–H groups in total. The molecule has 4 rings (SSSR count). The Kier molecular flexibility index (Phi) is 6.97. The van der Waals surface area contributed by atoms with Crippen LogP contribution in [0.25, 0.3) is 33.4 Å². The van der Waals surface area contributed by atoms with Crippen molar-refractivity contribution in [2.24, 2.45) is 0 Å². The van der Waals surface area contributed by atoms with Crippen LogP contribution in [0.4, 0.5) is 0 Å². The Hall–Kier alpha value is -4.66. The molecule has 0 atom stereocenters. The number of unbranched alkanes of at least 4 members (excludes halogenated alkanes) is 3. The van der Waals surface area contributed by atoms with Gasteiger partial charge in [-0.3, -0.25) is 4.79 Å². The van der Waals surface area contributed by atoms with Crippen LogP contribution in [0, 0.1) is 0 Å². The summed E-state index contributed by atoms with van der Waals surface area (Å²) in [5.74, 6) is -4.61. The fraction of sp³-hybridized carbons (Fsp3) is 0.214. The lowest BCUT2D eigenvalue weighted by molar-refractivity contribution is 0.0649. The Morgan fingerprint density at radius 3 is 2.11 bits per heavy atom. The molecule has 0 amide bonds. The van der Waals surface area contributed by atoms with E-state index in [9.17, 15) is 39.6 Å². The molecule has 0 saturated heterocycles. The number of carboxylic acid groups (broad SMARTS) is 3. The van der Waals surface area contributed by atoms with Crippen LogP contribution in [0.3, 0.4) is 0 Å². The first kappa shape index (κ1) is 25.4. The third-order valence-electron chi connectivity index (χ3n) is 6.30. The lowest BCUT2D eigenvalue weighted by Gasteiger charge is -2.19. The van der Waals surface area contributed by atoms with E-state index in [1.807, 2.05) is 0 Å². The molecule has 2 aliphatic rings. The maximum absolute atomic E-state index is 12.8. The van der Waals surface area contributed by atoms with E-state index in [0.29, 0.717) is 22.9 Å². The van der Waals surface area contributed by atoms with Crippen LogP contribution in [0.1, 0.15) is 69.2 Å². The van der Waals surface area contributed by atoms with Crippen LogP contribution < -0.4 is 5.43 Å². The van der Waals surface area contributed by atoms with Crippen molar-refractivity contribution in [3.8, 4) is 28.2 Å². The molecule has 0 fully saturated rings. The Balaban J connectivity index is 2.11. The Morgan fingerprint density at radius 2 is 1.46 bits per heavy atom. The SMILES string of the molecule is CCCCCCc1cc2c(-c3cc(C(=O)O)c(C(=O)O)cc3C(=O)O)c3ccc(O)cc3oc-2cc1=O. The first-order valence-electron chi connectivity index (χ1n) is 11.7. The Bertz CT molecular complexity index is 1580. The summed E-state index contributed by atoms with van der Waals surface area (Å²) in [5.41, 5.74) is -0.754. The van der Waals surface area contributed by atoms with E-state index < -0.39 is 34.6 Å². The molecule has 9 nitrogen and oxygen atoms in total. The topological polar surface area (TPSA) is 162 Å². The number of phenols is 1. The normalized spacial score (nSPS) is 11.2. The number of aromatic hydroxyl groups is 1. The number of hydrogen-bond acceptors (Lipinski definition) is 6. The van der Waals surface area contributed by atoms with Crippen molar-refractivity contribution in [1.82, 2.24) is 0 Å². The fourth-order valence-corrected chi connectivity index (χ4v) is 4.52. The minimum absolute atomic E-state index is 0.0537. The zero-order valence-corrected chi connectivity index (χ0v) is 19.9. The van der Waals surface area contributed by atoms with Gasteiger partial charge in [0.15, 0.2) is 5.43 Å². The van der Waals surface area contributed by atoms with Crippen molar-refractivity contribution < 1.29 is 39.2 Å². The van der Waals surface area contributed by atoms with Gasteiger partial charge in [-0.25, -0.2) is 14.4 Å². The molecule has 0 unspecified atom stereocenters. The second-order valence-electron chi connectivity index (χ2n) is 8.78. The van der Waals surface area contributed by atoms with E-state index in [2.05, 4.69) is 6.92 Å². The lowest BCUT2D eigenvalue weighted by atomic mass is 9.87. The van der Waals surface area contributed by atoms with Crippen LogP contribution in [0.2, 0.25) is 0 Å². The van der Waals surface area contributed by atoms with E-state index >= 15 is 0 Å². The highest BCUT2D eigenvalue weighted by atomic mass is 16.4. The van der Waals surface area contributed by atoms with Gasteiger partial charge in [0, 0.05) is 34.2 Å². The first-order chi connectivity index (χ1) is 17.6. The van der Waals surface area contributed by atoms with Gasteiger partial charge in [-0.05, 0) is 48.7 Å². The summed E-state index contributed by atoms with van der Waals surface area (Å²) in [6.07, 6.45) is 4.25. The molecule has 1 heterocycles. The van der Waals surface area contributed by atoms with Gasteiger partial charge in [-0.2, -0.15) is 0 Å². The minimum Gasteiger partial charge on any atom is -0.508 e. The smallest absolute Gasteiger partial charge is 0.336 e. The Morgan fingerprint density at radius 1 is 0.784 bits per heavy atom. The molecule has 1 aliphatic carbocycles. The molecule has 2 aromatic carbocycles. The second-order valence-corrected chi connectivity index (χ2v) is 8.78. The fourth-order valence-electron chi connectivity index (χ4n) is 4.52. The molecular formula is C28H24O9. The molecule has 0 saturated carbocycles. The molecule has 0 radical (unpaired) electrons. The standard InChI is InChI=1S/C28H24O9/c1-2-3-4-5-6-14-9-21-24(13-22(14)30)37-23-10-15(29)7-8-16(23)25(21)17-11-19(27(33)34)20(28(35)36)12-18(17)26(31)32/h7-13,29H,2-6H2,1H3,(H,31,32)(H,33,34)(H,35,36). The summed E-state index contributed by atoms with van der Waals surface area (Å²) in [6.45, 7) is 2.08. The van der Waals surface area contributed by atoms with Gasteiger partial charge in [0.1, 0.15) is 17.1 Å². The first-order valence-corrected chi connectivity index (χ1v) is 11.7. The summed E-state index contributed by atoms with van der Waals surface area (Å²) < 4.78 is 5.89. The van der Waals surface area contributed by atoms with E-state index in [1.165, 1.54) is 24.3 Å². The van der Waals surface area contributed by atoms with Gasteiger partial charge in [0.25, 0.3) is 0 Å². The highest BCUT2D eigenvalue weighted by Gasteiger charge is 2.27. The molecule has 9 heteroatoms. The van der Waals surface area contributed by atoms with E-state index in [0.717, 1.165) is 37.8 Å². The van der Waals surface area contributed by atoms with Gasteiger partial charge < -0.3 is 24.8 Å². The van der Waals surface area contributed by atoms with Crippen molar-refractivity contribution in [2.75, 3.05) is 0 Å². The molecule has 37 heavy (non-hydrogen) atoms. The predicted molar refractivity (Wildman–Crippen MR) is 135 cm³/mol. The van der Waals surface area contributed by atoms with Gasteiger partial charge in [-0.1, -0.05) is 26.2 Å². The van der Waals surface area contributed by atoms with E-state index in [1.54, 1.807) is 6.07 Å². The molecule has 2 aromatic rings. The monoisotopic (exact) mass is 504 g/mol. The average Bonchev–Trinajstić information content (AvgIpc) is 2.84. The van der Waals surface area contributed by atoms with Crippen molar-refractivity contribution >= 4 is 28.9 Å². The number of phenolic OH excluding ortho intramolecular Hbond substituents is 1. The molecule has 0 spiro atoms. The zero-order valence-electron chi connectivity index (χ0n) is 19.9. The number of aromatic carboxylic acids is 3. The van der Waals surface area contributed by atoms with Gasteiger partial charge >= 0.3 is 17.9 Å². The van der Waals surface area contributed by atoms with Gasteiger partial charge in [-0.15, -0.1) is 0 Å². The Labute approximate surface area is 210 Å². The van der Waals surface area contributed by atoms with Crippen LogP contribution in [0.15, 0.2) is 51.7 Å². The third kappa shape index (κ3) is 4.88. The summed E-state index contributed by atoms with van der Waals surface area (Å²) in [5, 5.41) is 39.5. The molecule has 0 bridgehead atoms. The zero-order chi connectivity index (χ0) is 26.9. The largest absolute Gasteiger partial charge is 0.508 e. The number of fused-ring (bicyclic) bond motifs is 2. The summed E-state index contributed by atoms with van der Waals surface area (Å²) in [7, 11) is 0. The molecule has 1 aliphatic heterocycles. The molecular weight excluding hydrogens is 480 g/mol. The summed E-state index contributed by atoms with van der Waals surface area (Å²) in [6, 6.07) is 8.90. The number of aryl methyl sites for hydroxylation is 1. The van der Waals surface area contributed by atoms with Crippen molar-refractivity contribution in [3.63, 3.8) is 0 Å². The maximum atomic E-state index is 12.8. The number of carbonyl (C=O) groups is 3. The molecule has 190 valence electrons. The number of carboxylic acids is 3. The highest BCUT2D eigenvalue weighted by molar-refractivity contribution is 6.11. The van der Waals surface area contributed by atoms with Gasteiger partial charge in [0.05, 0.1) is 16.7 Å². The lowest BCUT2D eigenvalue weighted by Crippen LogP contribution is -2.13. The highest BCUT2D eigenvalue weighted by Crippen LogP contribution is 2.43. The van der Waals surface area contributed by atoms with Crippen molar-refractivity contribution in [1.29, 1.82) is 0 Å². The second kappa shape index (κ2) is 10.1. The van der Waals surface area contributed by atoms with Gasteiger partial charge in [0.2, 0.25) is 0 Å². The minimum atomic E-state index is -1.58. The van der Waals surface area contributed by atoms with E-state index in [4.69, 9.17) is 4.42 Å². The van der Waals surface area contributed by atoms with Crippen molar-refractivity contribution in [3.05, 3.63) is 74.9 Å². The van der Waals surface area contributed by atoms with Crippen LogP contribution in [-0.4, -0.2) is 38.3 Å². The maximum Gasteiger partial charge on any atom is 0.336 e. The third-order valence-corrected chi connectivity index (χ3v) is 6.30. The quantitative estimate of drug-likeness (QED) is 0.170.